The molecule has 1 aromatic heterocycles. The van der Waals surface area contributed by atoms with Crippen LogP contribution in [-0.4, -0.2) is 59.9 Å². The number of alkyl carbamates (subject to hydrolysis) is 1. The lowest BCUT2D eigenvalue weighted by atomic mass is 9.90. The quantitative estimate of drug-likeness (QED) is 0.434. The van der Waals surface area contributed by atoms with Crippen molar-refractivity contribution >= 4 is 39.5 Å². The lowest BCUT2D eigenvalue weighted by Gasteiger charge is -2.38. The highest BCUT2D eigenvalue weighted by atomic mass is 79.9. The predicted octanol–water partition coefficient (Wildman–Crippen LogP) is 4.92. The van der Waals surface area contributed by atoms with Gasteiger partial charge in [0.15, 0.2) is 0 Å². The van der Waals surface area contributed by atoms with E-state index in [1.54, 1.807) is 6.20 Å². The first-order valence-corrected chi connectivity index (χ1v) is 12.7. The van der Waals surface area contributed by atoms with Gasteiger partial charge in [-0.3, -0.25) is 0 Å². The van der Waals surface area contributed by atoms with Gasteiger partial charge in [-0.15, -0.1) is 0 Å². The van der Waals surface area contributed by atoms with Gasteiger partial charge < -0.3 is 25.0 Å². The predicted molar refractivity (Wildman–Crippen MR) is 139 cm³/mol. The number of methoxy groups -OCH3 is 1. The van der Waals surface area contributed by atoms with E-state index in [-0.39, 0.29) is 17.6 Å². The summed E-state index contributed by atoms with van der Waals surface area (Å²) in [6.45, 7) is 6.57. The summed E-state index contributed by atoms with van der Waals surface area (Å²) in [7, 11) is 1.26. The van der Waals surface area contributed by atoms with Crippen molar-refractivity contribution in [2.75, 3.05) is 30.4 Å². The Bertz CT molecular complexity index is 1060. The zero-order chi connectivity index (χ0) is 26.3. The SMILES string of the molecule is COC(=O)c1cc(F)ccc1NCCN(c1ncncc1Br)C1CCC(NC(=O)OC(C)(C)C)CC1. The van der Waals surface area contributed by atoms with Crippen LogP contribution in [0.15, 0.2) is 35.2 Å². The van der Waals surface area contributed by atoms with Crippen molar-refractivity contribution in [3.63, 3.8) is 0 Å². The Hall–Kier alpha value is -2.95. The molecule has 0 atom stereocenters. The van der Waals surface area contributed by atoms with Gasteiger partial charge in [-0.1, -0.05) is 0 Å². The fraction of sp³-hybridized carbons (Fsp3) is 0.520. The summed E-state index contributed by atoms with van der Waals surface area (Å²) in [5, 5.41) is 6.21. The number of rotatable bonds is 8. The normalized spacial score (nSPS) is 17.7. The molecule has 0 radical (unpaired) electrons. The second-order valence-electron chi connectivity index (χ2n) is 9.65. The van der Waals surface area contributed by atoms with Gasteiger partial charge in [0, 0.05) is 37.1 Å². The van der Waals surface area contributed by atoms with Crippen LogP contribution in [0.5, 0.6) is 0 Å². The number of amides is 1. The maximum atomic E-state index is 13.7. The Morgan fingerprint density at radius 3 is 2.58 bits per heavy atom. The second-order valence-corrected chi connectivity index (χ2v) is 10.5. The van der Waals surface area contributed by atoms with Gasteiger partial charge in [0.1, 0.15) is 23.6 Å². The van der Waals surface area contributed by atoms with Crippen LogP contribution < -0.4 is 15.5 Å². The van der Waals surface area contributed by atoms with E-state index in [1.807, 2.05) is 20.8 Å². The number of esters is 1. The van der Waals surface area contributed by atoms with Crippen LogP contribution >= 0.6 is 15.9 Å². The van der Waals surface area contributed by atoms with Crippen LogP contribution in [0.2, 0.25) is 0 Å². The van der Waals surface area contributed by atoms with Crippen molar-refractivity contribution in [2.24, 2.45) is 0 Å². The van der Waals surface area contributed by atoms with E-state index in [2.05, 4.69) is 41.4 Å². The molecule has 36 heavy (non-hydrogen) atoms. The van der Waals surface area contributed by atoms with Gasteiger partial charge in [-0.2, -0.15) is 0 Å². The fourth-order valence-corrected chi connectivity index (χ4v) is 4.69. The number of aromatic nitrogens is 2. The number of benzene rings is 1. The molecule has 1 aliphatic rings. The summed E-state index contributed by atoms with van der Waals surface area (Å²) in [6, 6.07) is 4.22. The Labute approximate surface area is 219 Å². The van der Waals surface area contributed by atoms with Crippen LogP contribution in [0.4, 0.5) is 20.7 Å². The average Bonchev–Trinajstić information content (AvgIpc) is 2.82. The number of nitrogens with zero attached hydrogens (tertiary/aromatic N) is 3. The number of hydrogen-bond acceptors (Lipinski definition) is 8. The molecule has 0 aliphatic heterocycles. The number of ether oxygens (including phenoxy) is 2. The second kappa shape index (κ2) is 12.3. The van der Waals surface area contributed by atoms with Crippen molar-refractivity contribution in [1.82, 2.24) is 15.3 Å². The molecular formula is C25H33BrFN5O4. The minimum Gasteiger partial charge on any atom is -0.465 e. The van der Waals surface area contributed by atoms with Crippen LogP contribution in [0.25, 0.3) is 0 Å². The van der Waals surface area contributed by atoms with Gasteiger partial charge in [0.05, 0.1) is 17.1 Å². The monoisotopic (exact) mass is 565 g/mol. The molecule has 1 heterocycles. The molecule has 2 N–H and O–H groups in total. The highest BCUT2D eigenvalue weighted by molar-refractivity contribution is 9.10. The zero-order valence-electron chi connectivity index (χ0n) is 21.0. The van der Waals surface area contributed by atoms with Crippen LogP contribution in [0, 0.1) is 5.82 Å². The van der Waals surface area contributed by atoms with Crippen molar-refractivity contribution in [3.05, 3.63) is 46.6 Å². The Kier molecular flexibility index (Phi) is 9.47. The van der Waals surface area contributed by atoms with Gasteiger partial charge in [-0.05, 0) is 80.6 Å². The van der Waals surface area contributed by atoms with Crippen LogP contribution in [0.3, 0.4) is 0 Å². The fourth-order valence-electron chi connectivity index (χ4n) is 4.25. The summed E-state index contributed by atoms with van der Waals surface area (Å²) in [5.74, 6) is -0.352. The number of hydrogen-bond donors (Lipinski definition) is 2. The minimum atomic E-state index is -0.608. The van der Waals surface area contributed by atoms with E-state index in [4.69, 9.17) is 9.47 Å². The van der Waals surface area contributed by atoms with Crippen molar-refractivity contribution in [1.29, 1.82) is 0 Å². The molecule has 1 aromatic carbocycles. The van der Waals surface area contributed by atoms with Crippen molar-refractivity contribution in [2.45, 2.75) is 64.1 Å². The van der Waals surface area contributed by atoms with Gasteiger partial charge in [0.25, 0.3) is 0 Å². The van der Waals surface area contributed by atoms with Crippen molar-refractivity contribution < 1.29 is 23.5 Å². The molecule has 3 rings (SSSR count). The molecule has 196 valence electrons. The molecule has 1 aliphatic carbocycles. The first kappa shape index (κ1) is 27.6. The molecule has 2 aromatic rings. The lowest BCUT2D eigenvalue weighted by molar-refractivity contribution is 0.0490. The third-order valence-electron chi connectivity index (χ3n) is 5.83. The van der Waals surface area contributed by atoms with E-state index in [0.29, 0.717) is 18.8 Å². The molecule has 11 heteroatoms. The van der Waals surface area contributed by atoms with Gasteiger partial charge in [0.2, 0.25) is 0 Å². The van der Waals surface area contributed by atoms with Crippen LogP contribution in [0.1, 0.15) is 56.8 Å². The third kappa shape index (κ3) is 7.78. The van der Waals surface area contributed by atoms with E-state index in [0.717, 1.165) is 42.0 Å². The Balaban J connectivity index is 1.67. The molecule has 0 spiro atoms. The molecule has 0 bridgehead atoms. The lowest BCUT2D eigenvalue weighted by Crippen LogP contribution is -2.46. The van der Waals surface area contributed by atoms with E-state index < -0.39 is 23.5 Å². The molecule has 1 amide bonds. The summed E-state index contributed by atoms with van der Waals surface area (Å²) >= 11 is 3.56. The van der Waals surface area contributed by atoms with Crippen LogP contribution in [-0.2, 0) is 9.47 Å². The smallest absolute Gasteiger partial charge is 0.407 e. The van der Waals surface area contributed by atoms with Gasteiger partial charge >= 0.3 is 12.1 Å². The Morgan fingerprint density at radius 2 is 1.94 bits per heavy atom. The molecule has 0 unspecified atom stereocenters. The number of halogens is 2. The first-order valence-electron chi connectivity index (χ1n) is 11.9. The maximum Gasteiger partial charge on any atom is 0.407 e. The summed E-state index contributed by atoms with van der Waals surface area (Å²) < 4.78 is 24.6. The largest absolute Gasteiger partial charge is 0.465 e. The highest BCUT2D eigenvalue weighted by Crippen LogP contribution is 2.30. The highest BCUT2D eigenvalue weighted by Gasteiger charge is 2.29. The Morgan fingerprint density at radius 1 is 1.22 bits per heavy atom. The molecule has 0 saturated heterocycles. The van der Waals surface area contributed by atoms with E-state index in [1.165, 1.54) is 25.6 Å². The average molecular weight is 566 g/mol. The number of anilines is 2. The minimum absolute atomic E-state index is 0.0479. The van der Waals surface area contributed by atoms with Crippen molar-refractivity contribution in [3.8, 4) is 0 Å². The third-order valence-corrected chi connectivity index (χ3v) is 6.39. The number of carbonyl (C=O) groups excluding carboxylic acids is 2. The maximum absolute atomic E-state index is 13.7. The summed E-state index contributed by atoms with van der Waals surface area (Å²) in [6.07, 6.45) is 6.12. The standard InChI is InChI=1S/C25H33BrFN5O4/c1-25(2,3)36-24(34)31-17-6-8-18(9-7-17)32(22-20(26)14-28-15-30-22)12-11-29-21-10-5-16(27)13-19(21)23(33)35-4/h5,10,13-15,17-18,29H,6-9,11-12H2,1-4H3,(H,31,34). The summed E-state index contributed by atoms with van der Waals surface area (Å²) in [5.41, 5.74) is 0.0963. The topological polar surface area (TPSA) is 106 Å². The van der Waals surface area contributed by atoms with E-state index in [9.17, 15) is 14.0 Å². The number of carbonyl (C=O) groups is 2. The first-order chi connectivity index (χ1) is 17.1. The van der Waals surface area contributed by atoms with E-state index >= 15 is 0 Å². The summed E-state index contributed by atoms with van der Waals surface area (Å²) in [4.78, 5) is 35.0. The zero-order valence-corrected chi connectivity index (χ0v) is 22.6. The number of nitrogens with one attached hydrogen (secondary N) is 2. The molecule has 1 saturated carbocycles. The molecular weight excluding hydrogens is 533 g/mol. The molecule has 9 nitrogen and oxygen atoms in total. The van der Waals surface area contributed by atoms with Gasteiger partial charge in [-0.25, -0.2) is 23.9 Å². The molecule has 1 fully saturated rings.